The zero-order valence-corrected chi connectivity index (χ0v) is 12.0. The molecule has 2 rings (SSSR count). The predicted molar refractivity (Wildman–Crippen MR) is 75.4 cm³/mol. The SMILES string of the molecule is Nc1sc(S(=O)(=O)Nc2ncccc2Cl)cc1[N+](=O)[O-]. The van der Waals surface area contributed by atoms with Gasteiger partial charge in [-0.1, -0.05) is 22.9 Å². The number of nitrogen functional groups attached to an aromatic ring is 1. The first kappa shape index (κ1) is 14.5. The fraction of sp³-hybridized carbons (Fsp3) is 0. The summed E-state index contributed by atoms with van der Waals surface area (Å²) in [7, 11) is -4.03. The highest BCUT2D eigenvalue weighted by Crippen LogP contribution is 2.35. The molecule has 2 aromatic heterocycles. The first-order chi connectivity index (χ1) is 9.31. The molecule has 0 saturated carbocycles. The van der Waals surface area contributed by atoms with E-state index in [4.69, 9.17) is 17.3 Å². The molecule has 0 atom stereocenters. The van der Waals surface area contributed by atoms with E-state index in [-0.39, 0.29) is 20.1 Å². The Morgan fingerprint density at radius 3 is 2.75 bits per heavy atom. The van der Waals surface area contributed by atoms with Crippen LogP contribution in [0.15, 0.2) is 28.6 Å². The van der Waals surface area contributed by atoms with Crippen molar-refractivity contribution in [1.82, 2.24) is 4.98 Å². The van der Waals surface area contributed by atoms with Gasteiger partial charge in [0.25, 0.3) is 10.0 Å². The average Bonchev–Trinajstić information content (AvgIpc) is 2.75. The molecule has 0 aliphatic rings. The second-order valence-corrected chi connectivity index (χ2v) is 6.91. The van der Waals surface area contributed by atoms with Crippen molar-refractivity contribution in [2.24, 2.45) is 0 Å². The number of nitro groups is 1. The molecular weight excluding hydrogens is 328 g/mol. The van der Waals surface area contributed by atoms with Gasteiger partial charge in [-0.05, 0) is 12.1 Å². The Morgan fingerprint density at radius 1 is 1.50 bits per heavy atom. The molecule has 0 saturated heterocycles. The zero-order valence-electron chi connectivity index (χ0n) is 9.61. The lowest BCUT2D eigenvalue weighted by Crippen LogP contribution is -2.12. The maximum absolute atomic E-state index is 12.1. The van der Waals surface area contributed by atoms with Crippen molar-refractivity contribution in [3.63, 3.8) is 0 Å². The maximum Gasteiger partial charge on any atom is 0.304 e. The van der Waals surface area contributed by atoms with Crippen molar-refractivity contribution in [1.29, 1.82) is 0 Å². The number of rotatable bonds is 4. The normalized spacial score (nSPS) is 11.2. The summed E-state index contributed by atoms with van der Waals surface area (Å²) in [6.45, 7) is 0. The van der Waals surface area contributed by atoms with Crippen LogP contribution in [0.25, 0.3) is 0 Å². The van der Waals surface area contributed by atoms with Gasteiger partial charge in [-0.25, -0.2) is 13.4 Å². The molecule has 0 aromatic carbocycles. The van der Waals surface area contributed by atoms with Crippen LogP contribution in [0.1, 0.15) is 0 Å². The Kier molecular flexibility index (Phi) is 3.79. The Hall–Kier alpha value is -1.91. The molecule has 0 aliphatic carbocycles. The molecule has 0 fully saturated rings. The van der Waals surface area contributed by atoms with Gasteiger partial charge in [0, 0.05) is 12.3 Å². The smallest absolute Gasteiger partial charge is 0.304 e. The summed E-state index contributed by atoms with van der Waals surface area (Å²) in [5.41, 5.74) is 4.95. The van der Waals surface area contributed by atoms with Gasteiger partial charge in [0.1, 0.15) is 4.21 Å². The minimum Gasteiger partial charge on any atom is -0.385 e. The highest BCUT2D eigenvalue weighted by molar-refractivity contribution is 7.94. The summed E-state index contributed by atoms with van der Waals surface area (Å²) in [6, 6.07) is 3.88. The van der Waals surface area contributed by atoms with Crippen molar-refractivity contribution < 1.29 is 13.3 Å². The number of nitrogens with one attached hydrogen (secondary N) is 1. The van der Waals surface area contributed by atoms with E-state index in [1.54, 1.807) is 0 Å². The van der Waals surface area contributed by atoms with Crippen molar-refractivity contribution in [3.8, 4) is 0 Å². The number of hydrogen-bond donors (Lipinski definition) is 2. The molecule has 0 radical (unpaired) electrons. The fourth-order valence-corrected chi connectivity index (χ4v) is 3.75. The Morgan fingerprint density at radius 2 is 2.20 bits per heavy atom. The molecule has 0 spiro atoms. The third kappa shape index (κ3) is 2.81. The van der Waals surface area contributed by atoms with Crippen molar-refractivity contribution >= 4 is 49.5 Å². The highest BCUT2D eigenvalue weighted by Gasteiger charge is 2.25. The third-order valence-electron chi connectivity index (χ3n) is 2.17. The van der Waals surface area contributed by atoms with E-state index in [1.807, 2.05) is 0 Å². The first-order valence-electron chi connectivity index (χ1n) is 4.98. The summed E-state index contributed by atoms with van der Waals surface area (Å²) in [5.74, 6) is -0.0659. The number of aromatic nitrogens is 1. The van der Waals surface area contributed by atoms with Crippen molar-refractivity contribution in [2.75, 3.05) is 10.5 Å². The van der Waals surface area contributed by atoms with Gasteiger partial charge in [0.2, 0.25) is 0 Å². The Labute approximate surface area is 122 Å². The van der Waals surface area contributed by atoms with Gasteiger partial charge < -0.3 is 5.73 Å². The van der Waals surface area contributed by atoms with Crippen LogP contribution in [-0.4, -0.2) is 18.3 Å². The van der Waals surface area contributed by atoms with E-state index in [2.05, 4.69) is 9.71 Å². The van der Waals surface area contributed by atoms with Gasteiger partial charge in [0.15, 0.2) is 10.8 Å². The van der Waals surface area contributed by atoms with E-state index in [9.17, 15) is 18.5 Å². The van der Waals surface area contributed by atoms with Crippen LogP contribution >= 0.6 is 22.9 Å². The van der Waals surface area contributed by atoms with Crippen LogP contribution in [0.4, 0.5) is 16.5 Å². The van der Waals surface area contributed by atoms with E-state index in [0.717, 1.165) is 6.07 Å². The summed E-state index contributed by atoms with van der Waals surface area (Å²) in [5, 5.41) is 10.6. The molecule has 0 amide bonds. The second kappa shape index (κ2) is 5.23. The van der Waals surface area contributed by atoms with E-state index in [1.165, 1.54) is 18.3 Å². The maximum atomic E-state index is 12.1. The Balaban J connectivity index is 2.39. The monoisotopic (exact) mass is 334 g/mol. The predicted octanol–water partition coefficient (Wildman–Crippen LogP) is 2.09. The molecule has 2 heterocycles. The minimum absolute atomic E-state index is 0.0659. The summed E-state index contributed by atoms with van der Waals surface area (Å²) in [4.78, 5) is 13.7. The first-order valence-corrected chi connectivity index (χ1v) is 7.66. The molecule has 2 aromatic rings. The van der Waals surface area contributed by atoms with Gasteiger partial charge in [0.05, 0.1) is 9.95 Å². The van der Waals surface area contributed by atoms with Crippen LogP contribution < -0.4 is 10.5 Å². The van der Waals surface area contributed by atoms with Gasteiger partial charge >= 0.3 is 5.69 Å². The number of nitrogens with zero attached hydrogens (tertiary/aromatic N) is 2. The van der Waals surface area contributed by atoms with Crippen LogP contribution in [-0.2, 0) is 10.0 Å². The minimum atomic E-state index is -4.03. The largest absolute Gasteiger partial charge is 0.385 e. The van der Waals surface area contributed by atoms with Gasteiger partial charge in [-0.15, -0.1) is 0 Å². The fourth-order valence-electron chi connectivity index (χ4n) is 1.29. The van der Waals surface area contributed by atoms with Crippen LogP contribution in [0.5, 0.6) is 0 Å². The van der Waals surface area contributed by atoms with Crippen molar-refractivity contribution in [2.45, 2.75) is 4.21 Å². The second-order valence-electron chi connectivity index (χ2n) is 3.51. The van der Waals surface area contributed by atoms with Crippen LogP contribution in [0.3, 0.4) is 0 Å². The molecule has 3 N–H and O–H groups in total. The molecule has 0 unspecified atom stereocenters. The molecule has 11 heteroatoms. The third-order valence-corrected chi connectivity index (χ3v) is 5.24. The lowest BCUT2D eigenvalue weighted by Gasteiger charge is -2.05. The van der Waals surface area contributed by atoms with Gasteiger partial charge in [-0.2, -0.15) is 0 Å². The number of sulfonamides is 1. The number of hydrogen-bond acceptors (Lipinski definition) is 7. The quantitative estimate of drug-likeness (QED) is 0.650. The van der Waals surface area contributed by atoms with Crippen LogP contribution in [0.2, 0.25) is 5.02 Å². The van der Waals surface area contributed by atoms with Gasteiger partial charge in [-0.3, -0.25) is 14.8 Å². The number of thiophene rings is 1. The molecule has 20 heavy (non-hydrogen) atoms. The molecule has 0 aliphatic heterocycles. The van der Waals surface area contributed by atoms with Crippen LogP contribution in [0, 0.1) is 10.1 Å². The molecule has 106 valence electrons. The van der Waals surface area contributed by atoms with E-state index in [0.29, 0.717) is 11.3 Å². The number of halogens is 1. The topological polar surface area (TPSA) is 128 Å². The summed E-state index contributed by atoms with van der Waals surface area (Å²) in [6.07, 6.45) is 1.36. The lowest BCUT2D eigenvalue weighted by atomic mass is 10.5. The Bertz CT molecular complexity index is 774. The molecule has 8 nitrogen and oxygen atoms in total. The summed E-state index contributed by atoms with van der Waals surface area (Å²) < 4.78 is 26.0. The number of anilines is 2. The summed E-state index contributed by atoms with van der Waals surface area (Å²) >= 11 is 6.38. The number of nitrogens with two attached hydrogens (primary N) is 1. The standard InChI is InChI=1S/C9H7ClN4O4S2/c10-5-2-1-3-12-9(5)13-20(17,18)7-4-6(14(15)16)8(11)19-7/h1-4H,11H2,(H,12,13). The zero-order chi connectivity index (χ0) is 14.9. The number of pyridine rings is 1. The van der Waals surface area contributed by atoms with Crippen molar-refractivity contribution in [3.05, 3.63) is 39.5 Å². The van der Waals surface area contributed by atoms with E-state index >= 15 is 0 Å². The molecular formula is C9H7ClN4O4S2. The highest BCUT2D eigenvalue weighted by atomic mass is 35.5. The lowest BCUT2D eigenvalue weighted by molar-refractivity contribution is -0.383. The average molecular weight is 335 g/mol. The van der Waals surface area contributed by atoms with E-state index < -0.39 is 20.6 Å². The molecule has 0 bridgehead atoms.